The zero-order chi connectivity index (χ0) is 96.2. The molecule has 8 aliphatic carbocycles. The zero-order valence-electron chi connectivity index (χ0n) is 81.7. The van der Waals surface area contributed by atoms with Crippen molar-refractivity contribution in [3.8, 4) is 0 Å². The van der Waals surface area contributed by atoms with E-state index in [2.05, 4.69) is 35.0 Å². The minimum absolute atomic E-state index is 0.000296. The lowest BCUT2D eigenvalue weighted by Gasteiger charge is -2.39. The first-order chi connectivity index (χ1) is 59.3. The lowest BCUT2D eigenvalue weighted by molar-refractivity contribution is -0.238. The van der Waals surface area contributed by atoms with Crippen LogP contribution in [0.4, 0.5) is 39.5 Å². The minimum atomic E-state index is -4.61. The van der Waals surface area contributed by atoms with Gasteiger partial charge in [0.25, 0.3) is 0 Å². The minimum Gasteiger partial charge on any atom is -0.438 e. The van der Waals surface area contributed by atoms with Gasteiger partial charge in [0.1, 0.15) is 0 Å². The zero-order valence-corrected chi connectivity index (χ0v) is 81.7. The Kier molecular flexibility index (Phi) is 53.9. The quantitative estimate of drug-likeness (QED) is 0.0140. The normalized spacial score (nSPS) is 22.5. The van der Waals surface area contributed by atoms with Gasteiger partial charge in [0, 0.05) is 0 Å². The molecule has 8 rings (SSSR count). The van der Waals surface area contributed by atoms with Crippen molar-refractivity contribution in [3.63, 3.8) is 0 Å². The largest absolute Gasteiger partial charge is 0.438 e. The SMILES string of the molecule is CCC(C)(C(=O)OCOC1CCCC1)C(F)(F)F.CCC(C)(C(=O)OCOC1CCCCC1)C(F)(F)F.CCC(C)(C(=O)OCOC1CCCCCC1)C(F)(F)F.CCC(C)(C)C(=O)OC(C)OC1CC2CCC1(C)C2(C)C.CCC(C)(C)C(=O)OCOCC1CCCC1.CCC(C)(C)C(=O)OCOCC1CCCCC1.CCC(C)C(=O)OCOC1CCCCCC1. The number of carbonyl (C=O) groups is 7. The fourth-order valence-electron chi connectivity index (χ4n) is 15.9. The topological polar surface area (TPSA) is 249 Å². The monoisotopic (exact) mass is 1840 g/mol. The van der Waals surface area contributed by atoms with Gasteiger partial charge >= 0.3 is 60.3 Å². The average Bonchev–Trinajstić information content (AvgIpc) is 1.56. The predicted octanol–water partition coefficient (Wildman–Crippen LogP) is 25.9. The molecule has 21 nitrogen and oxygen atoms in total. The molecule has 30 heteroatoms. The summed E-state index contributed by atoms with van der Waals surface area (Å²) < 4.78 is 188. The Morgan fingerprint density at radius 3 is 0.874 bits per heavy atom. The van der Waals surface area contributed by atoms with Crippen molar-refractivity contribution in [1.82, 2.24) is 0 Å². The van der Waals surface area contributed by atoms with Gasteiger partial charge in [0.05, 0.1) is 65.9 Å². The molecule has 0 N–H and O–H groups in total. The Morgan fingerprint density at radius 1 is 0.339 bits per heavy atom. The van der Waals surface area contributed by atoms with Crippen molar-refractivity contribution in [2.75, 3.05) is 54.0 Å². The highest BCUT2D eigenvalue weighted by atomic mass is 19.4. The molecule has 0 aromatic heterocycles. The summed E-state index contributed by atoms with van der Waals surface area (Å²) in [5, 5.41) is 0. The predicted molar refractivity (Wildman–Crippen MR) is 467 cm³/mol. The van der Waals surface area contributed by atoms with Gasteiger partial charge in [-0.15, -0.1) is 0 Å². The van der Waals surface area contributed by atoms with Crippen molar-refractivity contribution >= 4 is 41.8 Å². The Bertz CT molecular complexity index is 3070. The number of alkyl halides is 9. The summed E-state index contributed by atoms with van der Waals surface area (Å²) in [5.74, 6) is -2.36. The van der Waals surface area contributed by atoms with Crippen LogP contribution in [-0.2, 0) is 99.9 Å². The molecular formula is C97H169F9O21. The van der Waals surface area contributed by atoms with Crippen LogP contribution in [-0.4, -0.2) is 151 Å². The Labute approximate surface area is 756 Å². The van der Waals surface area contributed by atoms with Crippen LogP contribution >= 0.6 is 0 Å². The molecule has 0 amide bonds. The molecule has 8 saturated carbocycles. The highest BCUT2D eigenvalue weighted by Crippen LogP contribution is 2.66. The number of carbonyl (C=O) groups excluding carboxylic acids is 7. The molecule has 0 aromatic carbocycles. The number of fused-ring (bicyclic) bond motifs is 2. The average molecular weight is 1840 g/mol. The third-order valence-corrected chi connectivity index (χ3v) is 28.9. The molecule has 0 aromatic rings. The summed E-state index contributed by atoms with van der Waals surface area (Å²) in [6, 6.07) is 0. The number of ether oxygens (including phenoxy) is 14. The number of halogens is 9. The fourth-order valence-corrected chi connectivity index (χ4v) is 15.9. The molecule has 127 heavy (non-hydrogen) atoms. The number of esters is 7. The maximum atomic E-state index is 12.8. The van der Waals surface area contributed by atoms with Gasteiger partial charge in [-0.25, -0.2) is 0 Å². The molecular weight excluding hydrogens is 1670 g/mol. The molecule has 2 bridgehead atoms. The van der Waals surface area contributed by atoms with E-state index in [0.717, 1.165) is 181 Å². The van der Waals surface area contributed by atoms with Gasteiger partial charge in [0.2, 0.25) is 0 Å². The van der Waals surface area contributed by atoms with Crippen LogP contribution in [0.1, 0.15) is 402 Å². The Hall–Kier alpha value is -4.62. The fraction of sp³-hybridized carbons (Fsp3) is 0.928. The molecule has 746 valence electrons. The molecule has 8 aliphatic rings. The lowest BCUT2D eigenvalue weighted by Crippen LogP contribution is -2.43. The van der Waals surface area contributed by atoms with Gasteiger partial charge in [-0.2, -0.15) is 39.5 Å². The van der Waals surface area contributed by atoms with Crippen molar-refractivity contribution in [2.24, 2.45) is 67.0 Å². The van der Waals surface area contributed by atoms with E-state index in [9.17, 15) is 73.1 Å². The smallest absolute Gasteiger partial charge is 0.404 e. The van der Waals surface area contributed by atoms with E-state index in [0.29, 0.717) is 23.4 Å². The Balaban J connectivity index is 0.000000503. The van der Waals surface area contributed by atoms with E-state index in [1.165, 1.54) is 117 Å². The van der Waals surface area contributed by atoms with Crippen molar-refractivity contribution < 1.29 is 139 Å². The van der Waals surface area contributed by atoms with Gasteiger partial charge in [0.15, 0.2) is 63.3 Å². The van der Waals surface area contributed by atoms with E-state index in [-0.39, 0.29) is 99.3 Å². The standard InChI is InChI=1S/C18H32O3.C14H23F3O3.C14H26O3.C13H21F3O3.2C13H24O3.C12H19F3O3/c1-8-16(3,4)15(19)21-12(2)20-14-11-13-9-10-18(14,7)17(13,5)6;1-3-13(2,14(15,16)17)12(18)20-10-19-11-8-6-4-5-7-9-11;1-4-14(2,3)13(15)17-11-16-10-12-8-6-5-7-9-12;1-3-12(2,13(14,15)16)11(17)19-9-18-10-7-5-4-6-8-10;1-4-13(2,3)12(14)16-10-15-9-11-7-5-6-8-11;1-3-11(2)13(14)16-10-15-12-8-6-4-5-7-9-12;1-3-11(2,12(13,14)15)10(16)18-8-17-9-6-4-5-7-9/h12-14H,8-11H2,1-7H3;11H,3-10H2,1-2H3;12H,4-11H2,1-3H3;10H,3-9H2,1-2H3;11H,4-10H2,1-3H3;11-12H,3-10H2,1-2H3;9H,3-8H2,1-2H3. The van der Waals surface area contributed by atoms with Gasteiger partial charge < -0.3 is 66.3 Å². The van der Waals surface area contributed by atoms with Crippen LogP contribution in [0.5, 0.6) is 0 Å². The summed E-state index contributed by atoms with van der Waals surface area (Å²) in [7, 11) is 0. The van der Waals surface area contributed by atoms with Crippen LogP contribution in [0.15, 0.2) is 0 Å². The maximum absolute atomic E-state index is 12.8. The third kappa shape index (κ3) is 40.2. The molecule has 8 unspecified atom stereocenters. The maximum Gasteiger partial charge on any atom is 0.404 e. The van der Waals surface area contributed by atoms with Crippen LogP contribution in [0, 0.1) is 67.0 Å². The number of hydrogen-bond donors (Lipinski definition) is 0. The van der Waals surface area contributed by atoms with Crippen LogP contribution in [0.25, 0.3) is 0 Å². The summed E-state index contributed by atoms with van der Waals surface area (Å²) >= 11 is 0. The first-order valence-corrected chi connectivity index (χ1v) is 48.0. The van der Waals surface area contributed by atoms with Gasteiger partial charge in [-0.1, -0.05) is 192 Å². The molecule has 8 atom stereocenters. The van der Waals surface area contributed by atoms with Gasteiger partial charge in [-0.3, -0.25) is 33.6 Å². The van der Waals surface area contributed by atoms with Crippen molar-refractivity contribution in [2.45, 2.75) is 458 Å². The lowest BCUT2D eigenvalue weighted by atomic mass is 9.70. The van der Waals surface area contributed by atoms with Gasteiger partial charge in [-0.05, 0) is 239 Å². The number of rotatable bonds is 37. The van der Waals surface area contributed by atoms with E-state index < -0.39 is 95.6 Å². The van der Waals surface area contributed by atoms with Crippen LogP contribution < -0.4 is 0 Å². The first kappa shape index (κ1) is 118. The molecule has 0 saturated heterocycles. The van der Waals surface area contributed by atoms with Crippen LogP contribution in [0.2, 0.25) is 0 Å². The third-order valence-electron chi connectivity index (χ3n) is 28.9. The molecule has 0 radical (unpaired) electrons. The second-order valence-electron chi connectivity index (χ2n) is 39.6. The first-order valence-electron chi connectivity index (χ1n) is 48.0. The second kappa shape index (κ2) is 57.8. The second-order valence-corrected chi connectivity index (χ2v) is 39.6. The van der Waals surface area contributed by atoms with E-state index in [1.807, 2.05) is 83.1 Å². The van der Waals surface area contributed by atoms with Crippen LogP contribution in [0.3, 0.4) is 0 Å². The Morgan fingerprint density at radius 2 is 0.606 bits per heavy atom. The summed E-state index contributed by atoms with van der Waals surface area (Å²) in [6.45, 7) is 37.4. The highest BCUT2D eigenvalue weighted by molar-refractivity contribution is 5.79. The molecule has 8 fully saturated rings. The summed E-state index contributed by atoms with van der Waals surface area (Å²) in [6.07, 6.45) is 26.0. The molecule has 0 aliphatic heterocycles. The van der Waals surface area contributed by atoms with Crippen molar-refractivity contribution in [3.05, 3.63) is 0 Å². The molecule has 0 spiro atoms. The van der Waals surface area contributed by atoms with E-state index >= 15 is 0 Å². The van der Waals surface area contributed by atoms with E-state index in [1.54, 1.807) is 0 Å². The number of hydrogen-bond acceptors (Lipinski definition) is 21. The molecule has 0 heterocycles. The summed E-state index contributed by atoms with van der Waals surface area (Å²) in [4.78, 5) is 81.4. The van der Waals surface area contributed by atoms with Crippen molar-refractivity contribution in [1.29, 1.82) is 0 Å². The highest BCUT2D eigenvalue weighted by Gasteiger charge is 2.63. The summed E-state index contributed by atoms with van der Waals surface area (Å²) in [5.41, 5.74) is -8.06. The van der Waals surface area contributed by atoms with E-state index in [4.69, 9.17) is 52.1 Å².